The molecule has 1 fully saturated rings. The van der Waals surface area contributed by atoms with Crippen molar-refractivity contribution in [3.05, 3.63) is 27.7 Å². The number of carboxylic acids is 1. The Bertz CT molecular complexity index is 470. The van der Waals surface area contributed by atoms with Crippen LogP contribution in [-0.2, 0) is 4.79 Å². The zero-order valence-electron chi connectivity index (χ0n) is 10.1. The molecule has 1 aliphatic heterocycles. The van der Waals surface area contributed by atoms with Gasteiger partial charge in [0, 0.05) is 18.1 Å². The highest BCUT2D eigenvalue weighted by Crippen LogP contribution is 2.36. The lowest BCUT2D eigenvalue weighted by molar-refractivity contribution is -0.138. The van der Waals surface area contributed by atoms with E-state index in [1.165, 1.54) is 0 Å². The summed E-state index contributed by atoms with van der Waals surface area (Å²) < 4.78 is 0. The van der Waals surface area contributed by atoms with Gasteiger partial charge in [-0.1, -0.05) is 23.2 Å². The van der Waals surface area contributed by atoms with E-state index in [9.17, 15) is 4.79 Å². The fourth-order valence-electron chi connectivity index (χ4n) is 2.22. The molecule has 0 saturated carbocycles. The predicted molar refractivity (Wildman–Crippen MR) is 74.0 cm³/mol. The molecule has 0 bridgehead atoms. The van der Waals surface area contributed by atoms with E-state index in [1.54, 1.807) is 19.1 Å². The summed E-state index contributed by atoms with van der Waals surface area (Å²) >= 11 is 12.4. The lowest BCUT2D eigenvalue weighted by atomic mass is 10.0. The Morgan fingerprint density at radius 2 is 1.89 bits per heavy atom. The minimum absolute atomic E-state index is 0.469. The molecule has 0 aromatic heterocycles. The third-order valence-corrected chi connectivity index (χ3v) is 3.98. The molecular weight excluding hydrogens is 273 g/mol. The molecule has 3 nitrogen and oxygen atoms in total. The van der Waals surface area contributed by atoms with Crippen LogP contribution in [0.3, 0.4) is 0 Å². The van der Waals surface area contributed by atoms with Crippen LogP contribution >= 0.6 is 23.2 Å². The Labute approximate surface area is 116 Å². The van der Waals surface area contributed by atoms with E-state index in [4.69, 9.17) is 28.3 Å². The maximum atomic E-state index is 11.0. The summed E-state index contributed by atoms with van der Waals surface area (Å²) in [5, 5.41) is 10.1. The van der Waals surface area contributed by atoms with Gasteiger partial charge in [-0.15, -0.1) is 0 Å². The van der Waals surface area contributed by atoms with Gasteiger partial charge in [0.05, 0.1) is 16.6 Å². The van der Waals surface area contributed by atoms with Crippen LogP contribution in [0.15, 0.2) is 12.1 Å². The van der Waals surface area contributed by atoms with E-state index in [2.05, 4.69) is 4.90 Å². The zero-order chi connectivity index (χ0) is 13.3. The molecule has 1 heterocycles. The molecule has 1 N–H and O–H groups in total. The molecule has 1 aromatic rings. The van der Waals surface area contributed by atoms with E-state index in [1.807, 2.05) is 0 Å². The lowest BCUT2D eigenvalue weighted by Gasteiger charge is -2.21. The fourth-order valence-corrected chi connectivity index (χ4v) is 2.83. The summed E-state index contributed by atoms with van der Waals surface area (Å²) in [4.78, 5) is 13.2. The molecule has 98 valence electrons. The second kappa shape index (κ2) is 5.37. The first kappa shape index (κ1) is 13.5. The summed E-state index contributed by atoms with van der Waals surface area (Å²) in [5.41, 5.74) is 1.47. The number of nitrogens with zero attached hydrogens (tertiary/aromatic N) is 1. The minimum atomic E-state index is -0.901. The van der Waals surface area contributed by atoms with Gasteiger partial charge >= 0.3 is 5.97 Å². The van der Waals surface area contributed by atoms with Crippen molar-refractivity contribution in [1.29, 1.82) is 0 Å². The summed E-state index contributed by atoms with van der Waals surface area (Å²) in [5.74, 6) is -1.55. The fraction of sp³-hybridized carbons (Fsp3) is 0.462. The first-order valence-electron chi connectivity index (χ1n) is 5.97. The van der Waals surface area contributed by atoms with Crippen molar-refractivity contribution in [3.63, 3.8) is 0 Å². The highest BCUT2D eigenvalue weighted by atomic mass is 35.5. The van der Waals surface area contributed by atoms with Crippen LogP contribution in [0, 0.1) is 0 Å². The van der Waals surface area contributed by atoms with Gasteiger partial charge in [0.1, 0.15) is 0 Å². The van der Waals surface area contributed by atoms with Gasteiger partial charge in [0.2, 0.25) is 0 Å². The third kappa shape index (κ3) is 2.57. The second-order valence-corrected chi connectivity index (χ2v) is 5.39. The molecule has 1 atom stereocenters. The second-order valence-electron chi connectivity index (χ2n) is 4.58. The van der Waals surface area contributed by atoms with Gasteiger partial charge < -0.3 is 10.0 Å². The average Bonchev–Trinajstić information content (AvgIpc) is 2.84. The van der Waals surface area contributed by atoms with Gasteiger partial charge in [-0.05, 0) is 37.5 Å². The monoisotopic (exact) mass is 287 g/mol. The molecule has 0 radical (unpaired) electrons. The zero-order valence-corrected chi connectivity index (χ0v) is 11.6. The number of carbonyl (C=O) groups is 1. The number of hydrogen-bond acceptors (Lipinski definition) is 2. The lowest BCUT2D eigenvalue weighted by Crippen LogP contribution is -2.18. The van der Waals surface area contributed by atoms with E-state index in [0.29, 0.717) is 15.6 Å². The normalized spacial score (nSPS) is 16.9. The molecule has 5 heteroatoms. The molecule has 18 heavy (non-hydrogen) atoms. The van der Waals surface area contributed by atoms with Crippen LogP contribution in [0.2, 0.25) is 10.0 Å². The van der Waals surface area contributed by atoms with Crippen LogP contribution in [0.1, 0.15) is 31.2 Å². The summed E-state index contributed by atoms with van der Waals surface area (Å²) in [6, 6.07) is 3.46. The minimum Gasteiger partial charge on any atom is -0.481 e. The van der Waals surface area contributed by atoms with Gasteiger partial charge in [0.15, 0.2) is 0 Å². The average molecular weight is 288 g/mol. The first-order valence-corrected chi connectivity index (χ1v) is 6.73. The molecule has 0 amide bonds. The Kier molecular flexibility index (Phi) is 4.03. The molecule has 1 aliphatic rings. The molecule has 1 aromatic carbocycles. The van der Waals surface area contributed by atoms with Crippen molar-refractivity contribution in [2.24, 2.45) is 0 Å². The highest BCUT2D eigenvalue weighted by Gasteiger charge is 2.21. The smallest absolute Gasteiger partial charge is 0.310 e. The molecule has 0 aliphatic carbocycles. The summed E-state index contributed by atoms with van der Waals surface area (Å²) in [6.45, 7) is 3.56. The van der Waals surface area contributed by atoms with Gasteiger partial charge in [-0.3, -0.25) is 4.79 Å². The van der Waals surface area contributed by atoms with E-state index < -0.39 is 11.9 Å². The number of carboxylic acid groups (broad SMARTS) is 1. The Morgan fingerprint density at radius 1 is 1.28 bits per heavy atom. The maximum absolute atomic E-state index is 11.0. The molecule has 2 rings (SSSR count). The Hall–Kier alpha value is -0.930. The largest absolute Gasteiger partial charge is 0.481 e. The van der Waals surface area contributed by atoms with Crippen molar-refractivity contribution in [3.8, 4) is 0 Å². The van der Waals surface area contributed by atoms with E-state index in [0.717, 1.165) is 31.6 Å². The molecule has 0 spiro atoms. The van der Waals surface area contributed by atoms with Crippen molar-refractivity contribution >= 4 is 34.9 Å². The number of rotatable bonds is 3. The van der Waals surface area contributed by atoms with Crippen molar-refractivity contribution in [2.75, 3.05) is 18.0 Å². The number of aliphatic carboxylic acids is 1. The third-order valence-electron chi connectivity index (χ3n) is 3.35. The van der Waals surface area contributed by atoms with Gasteiger partial charge in [-0.25, -0.2) is 0 Å². The van der Waals surface area contributed by atoms with Crippen LogP contribution in [-0.4, -0.2) is 24.2 Å². The Morgan fingerprint density at radius 3 is 2.44 bits per heavy atom. The summed E-state index contributed by atoms with van der Waals surface area (Å²) in [6.07, 6.45) is 2.31. The maximum Gasteiger partial charge on any atom is 0.310 e. The number of benzene rings is 1. The first-order chi connectivity index (χ1) is 8.50. The van der Waals surface area contributed by atoms with E-state index >= 15 is 0 Å². The topological polar surface area (TPSA) is 40.5 Å². The van der Waals surface area contributed by atoms with Crippen LogP contribution in [0.4, 0.5) is 5.69 Å². The van der Waals surface area contributed by atoms with Crippen LogP contribution < -0.4 is 4.90 Å². The van der Waals surface area contributed by atoms with Crippen LogP contribution in [0.25, 0.3) is 0 Å². The van der Waals surface area contributed by atoms with Crippen molar-refractivity contribution in [2.45, 2.75) is 25.7 Å². The quantitative estimate of drug-likeness (QED) is 0.920. The van der Waals surface area contributed by atoms with Gasteiger partial charge in [-0.2, -0.15) is 0 Å². The molecule has 1 saturated heterocycles. The molecular formula is C13H15Cl2NO2. The summed E-state index contributed by atoms with van der Waals surface area (Å²) in [7, 11) is 0. The standard InChI is InChI=1S/C13H15Cl2NO2/c1-8(13(17)18)9-6-11(15)12(7-10(9)14)16-4-2-3-5-16/h6-8H,2-5H2,1H3,(H,17,18). The number of halogens is 2. The molecule has 1 unspecified atom stereocenters. The SMILES string of the molecule is CC(C(=O)O)c1cc(Cl)c(N2CCCC2)cc1Cl. The Balaban J connectivity index is 2.37. The van der Waals surface area contributed by atoms with Crippen molar-refractivity contribution in [1.82, 2.24) is 0 Å². The van der Waals surface area contributed by atoms with E-state index in [-0.39, 0.29) is 0 Å². The van der Waals surface area contributed by atoms with Crippen molar-refractivity contribution < 1.29 is 9.90 Å². The number of hydrogen-bond donors (Lipinski definition) is 1. The predicted octanol–water partition coefficient (Wildman–Crippen LogP) is 3.78. The van der Waals surface area contributed by atoms with Crippen LogP contribution in [0.5, 0.6) is 0 Å². The number of anilines is 1. The highest BCUT2D eigenvalue weighted by molar-refractivity contribution is 6.36. The van der Waals surface area contributed by atoms with Gasteiger partial charge in [0.25, 0.3) is 0 Å².